The van der Waals surface area contributed by atoms with Gasteiger partial charge in [0.05, 0.1) is 12.2 Å². The lowest BCUT2D eigenvalue weighted by Crippen LogP contribution is -2.56. The molecule has 5 nitrogen and oxygen atoms in total. The maximum Gasteiger partial charge on any atom is 0.375 e. The van der Waals surface area contributed by atoms with Crippen molar-refractivity contribution in [2.45, 2.75) is 44.6 Å². The largest absolute Gasteiger partial charge is 0.485 e. The molecule has 6 heteroatoms. The number of fused-ring (bicyclic) bond motifs is 1. The molecule has 24 heavy (non-hydrogen) atoms. The summed E-state index contributed by atoms with van der Waals surface area (Å²) in [5, 5.41) is 0. The first kappa shape index (κ1) is 17.1. The molecule has 0 N–H and O–H groups in total. The highest BCUT2D eigenvalue weighted by Crippen LogP contribution is 2.46. The Kier molecular flexibility index (Phi) is 4.76. The summed E-state index contributed by atoms with van der Waals surface area (Å²) in [5.74, 6) is -2.74. The summed E-state index contributed by atoms with van der Waals surface area (Å²) >= 11 is 3.38. The first-order valence-corrected chi connectivity index (χ1v) is 9.01. The molecule has 1 unspecified atom stereocenters. The molecule has 1 atom stereocenters. The van der Waals surface area contributed by atoms with Gasteiger partial charge < -0.3 is 9.47 Å². The van der Waals surface area contributed by atoms with E-state index in [1.807, 2.05) is 0 Å². The number of ether oxygens (including phenoxy) is 2. The third-order valence-corrected chi connectivity index (χ3v) is 5.24. The Morgan fingerprint density at radius 2 is 2.00 bits per heavy atom. The van der Waals surface area contributed by atoms with Gasteiger partial charge in [-0.1, -0.05) is 22.4 Å². The predicted octanol–water partition coefficient (Wildman–Crippen LogP) is 3.48. The second-order valence-corrected chi connectivity index (χ2v) is 7.17. The molecule has 1 aromatic carbocycles. The molecule has 128 valence electrons. The number of hydrogen-bond acceptors (Lipinski definition) is 5. The van der Waals surface area contributed by atoms with E-state index in [0.717, 1.165) is 23.7 Å². The first-order chi connectivity index (χ1) is 11.5. The van der Waals surface area contributed by atoms with Gasteiger partial charge in [-0.15, -0.1) is 0 Å². The van der Waals surface area contributed by atoms with Gasteiger partial charge >= 0.3 is 5.97 Å². The van der Waals surface area contributed by atoms with Crippen LogP contribution in [-0.4, -0.2) is 29.7 Å². The van der Waals surface area contributed by atoms with E-state index in [2.05, 4.69) is 15.9 Å². The highest BCUT2D eigenvalue weighted by molar-refractivity contribution is 9.10. The van der Waals surface area contributed by atoms with Gasteiger partial charge in [-0.05, 0) is 50.8 Å². The number of rotatable bonds is 3. The number of ketones is 2. The van der Waals surface area contributed by atoms with Crippen molar-refractivity contribution < 1.29 is 23.9 Å². The number of hydrogen-bond donors (Lipinski definition) is 0. The normalized spacial score (nSPS) is 21.8. The van der Waals surface area contributed by atoms with Crippen LogP contribution >= 0.6 is 15.9 Å². The van der Waals surface area contributed by atoms with Gasteiger partial charge in [-0.3, -0.25) is 9.59 Å². The van der Waals surface area contributed by atoms with Crippen LogP contribution in [0.3, 0.4) is 0 Å². The first-order valence-electron chi connectivity index (χ1n) is 8.22. The minimum atomic E-state index is -1.12. The van der Waals surface area contributed by atoms with Gasteiger partial charge in [0.2, 0.25) is 0 Å². The third kappa shape index (κ3) is 2.88. The number of carbonyl (C=O) groups is 3. The van der Waals surface area contributed by atoms with Crippen molar-refractivity contribution in [2.75, 3.05) is 6.61 Å². The van der Waals surface area contributed by atoms with Crippen molar-refractivity contribution in [3.8, 4) is 5.75 Å². The SMILES string of the molecule is CCOC(=O)C(=O)C1C(=O)c2ccc(Br)cc2OC12CCCCC2. The van der Waals surface area contributed by atoms with Crippen molar-refractivity contribution in [3.05, 3.63) is 28.2 Å². The quantitative estimate of drug-likeness (QED) is 0.445. The van der Waals surface area contributed by atoms with Crippen molar-refractivity contribution >= 4 is 33.5 Å². The van der Waals surface area contributed by atoms with E-state index in [4.69, 9.17) is 9.47 Å². The zero-order valence-electron chi connectivity index (χ0n) is 13.5. The molecule has 0 aromatic heterocycles. The Morgan fingerprint density at radius 1 is 1.29 bits per heavy atom. The summed E-state index contributed by atoms with van der Waals surface area (Å²) < 4.78 is 11.8. The standard InChI is InChI=1S/C18H19BrO5/c1-2-23-17(22)16(21)14-15(20)12-7-6-11(19)10-13(12)24-18(14)8-4-3-5-9-18/h6-7,10,14H,2-5,8-9H2,1H3. The van der Waals surface area contributed by atoms with Crippen LogP contribution in [0.5, 0.6) is 5.75 Å². The average molecular weight is 395 g/mol. The Bertz CT molecular complexity index is 691. The molecule has 1 spiro atoms. The summed E-state index contributed by atoms with van der Waals surface area (Å²) in [6, 6.07) is 5.10. The van der Waals surface area contributed by atoms with E-state index in [9.17, 15) is 14.4 Å². The monoisotopic (exact) mass is 394 g/mol. The Hall–Kier alpha value is -1.69. The van der Waals surface area contributed by atoms with E-state index in [1.165, 1.54) is 0 Å². The summed E-state index contributed by atoms with van der Waals surface area (Å²) in [6.45, 7) is 1.73. The van der Waals surface area contributed by atoms with E-state index < -0.39 is 23.3 Å². The number of benzene rings is 1. The minimum Gasteiger partial charge on any atom is -0.485 e. The summed E-state index contributed by atoms with van der Waals surface area (Å²) in [5.41, 5.74) is -0.593. The molecule has 2 aliphatic rings. The maximum atomic E-state index is 13.0. The number of carbonyl (C=O) groups excluding carboxylic acids is 3. The molecule has 0 saturated heterocycles. The highest BCUT2D eigenvalue weighted by Gasteiger charge is 2.55. The molecular weight excluding hydrogens is 376 g/mol. The molecule has 1 saturated carbocycles. The molecule has 1 fully saturated rings. The Balaban J connectivity index is 2.06. The zero-order valence-corrected chi connectivity index (χ0v) is 15.1. The van der Waals surface area contributed by atoms with Crippen LogP contribution in [-0.2, 0) is 14.3 Å². The summed E-state index contributed by atoms with van der Waals surface area (Å²) in [6.07, 6.45) is 3.93. The lowest BCUT2D eigenvalue weighted by molar-refractivity contribution is -0.158. The Labute approximate surface area is 148 Å². The lowest BCUT2D eigenvalue weighted by atomic mass is 9.69. The smallest absolute Gasteiger partial charge is 0.375 e. The van der Waals surface area contributed by atoms with Crippen LogP contribution in [0.15, 0.2) is 22.7 Å². The molecule has 0 bridgehead atoms. The predicted molar refractivity (Wildman–Crippen MR) is 90.0 cm³/mol. The topological polar surface area (TPSA) is 69.7 Å². The number of halogens is 1. The molecule has 0 radical (unpaired) electrons. The van der Waals surface area contributed by atoms with Crippen LogP contribution in [0, 0.1) is 5.92 Å². The van der Waals surface area contributed by atoms with Gasteiger partial charge in [0.1, 0.15) is 17.3 Å². The molecule has 3 rings (SSSR count). The van der Waals surface area contributed by atoms with Crippen LogP contribution in [0.25, 0.3) is 0 Å². The third-order valence-electron chi connectivity index (χ3n) is 4.75. The van der Waals surface area contributed by atoms with Crippen LogP contribution < -0.4 is 4.74 Å². The van der Waals surface area contributed by atoms with E-state index >= 15 is 0 Å². The van der Waals surface area contributed by atoms with Crippen LogP contribution in [0.1, 0.15) is 49.4 Å². The Morgan fingerprint density at radius 3 is 2.67 bits per heavy atom. The van der Waals surface area contributed by atoms with Crippen molar-refractivity contribution in [3.63, 3.8) is 0 Å². The second kappa shape index (κ2) is 6.67. The molecule has 1 aliphatic heterocycles. The van der Waals surface area contributed by atoms with E-state index in [-0.39, 0.29) is 12.4 Å². The molecule has 1 aliphatic carbocycles. The van der Waals surface area contributed by atoms with Gasteiger partial charge in [0.25, 0.3) is 5.78 Å². The fourth-order valence-electron chi connectivity index (χ4n) is 3.68. The van der Waals surface area contributed by atoms with Crippen molar-refractivity contribution in [1.82, 2.24) is 0 Å². The summed E-state index contributed by atoms with van der Waals surface area (Å²) in [7, 11) is 0. The van der Waals surface area contributed by atoms with Crippen molar-refractivity contribution in [1.29, 1.82) is 0 Å². The number of Topliss-reactive ketones (excluding diaryl/α,β-unsaturated/α-hetero) is 2. The molecule has 1 heterocycles. The van der Waals surface area contributed by atoms with E-state index in [1.54, 1.807) is 25.1 Å². The second-order valence-electron chi connectivity index (χ2n) is 6.25. The average Bonchev–Trinajstić information content (AvgIpc) is 2.55. The van der Waals surface area contributed by atoms with Gasteiger partial charge in [-0.25, -0.2) is 4.79 Å². The lowest BCUT2D eigenvalue weighted by Gasteiger charge is -2.45. The minimum absolute atomic E-state index is 0.100. The fraction of sp³-hybridized carbons (Fsp3) is 0.500. The molecule has 0 amide bonds. The van der Waals surface area contributed by atoms with Gasteiger partial charge in [0.15, 0.2) is 5.78 Å². The van der Waals surface area contributed by atoms with Crippen LogP contribution in [0.4, 0.5) is 0 Å². The zero-order chi connectivity index (χ0) is 17.3. The highest BCUT2D eigenvalue weighted by atomic mass is 79.9. The molecular formula is C18H19BrO5. The van der Waals surface area contributed by atoms with Crippen LogP contribution in [0.2, 0.25) is 0 Å². The molecule has 1 aromatic rings. The summed E-state index contributed by atoms with van der Waals surface area (Å²) in [4.78, 5) is 37.7. The number of esters is 1. The van der Waals surface area contributed by atoms with Gasteiger partial charge in [0, 0.05) is 4.47 Å². The van der Waals surface area contributed by atoms with E-state index in [0.29, 0.717) is 24.2 Å². The van der Waals surface area contributed by atoms with Crippen molar-refractivity contribution in [2.24, 2.45) is 5.92 Å². The fourth-order valence-corrected chi connectivity index (χ4v) is 4.02. The maximum absolute atomic E-state index is 13.0. The van der Waals surface area contributed by atoms with Gasteiger partial charge in [-0.2, -0.15) is 0 Å².